The van der Waals surface area contributed by atoms with Gasteiger partial charge in [-0.3, -0.25) is 0 Å². The van der Waals surface area contributed by atoms with Gasteiger partial charge in [0.05, 0.1) is 0 Å². The van der Waals surface area contributed by atoms with Crippen LogP contribution in [-0.2, 0) is 7.05 Å². The Bertz CT molecular complexity index is 1830. The Hall–Kier alpha value is -3.57. The van der Waals surface area contributed by atoms with E-state index in [4.69, 9.17) is 4.11 Å². The van der Waals surface area contributed by atoms with E-state index in [0.717, 1.165) is 47.7 Å². The maximum absolute atomic E-state index is 15.8. The van der Waals surface area contributed by atoms with E-state index in [-0.39, 0.29) is 11.4 Å². The van der Waals surface area contributed by atoms with Gasteiger partial charge < -0.3 is 0 Å². The molecule has 1 nitrogen and oxygen atoms in total. The number of hydrogen-bond donors (Lipinski definition) is 0. The molecule has 0 aliphatic carbocycles. The first-order valence-corrected chi connectivity index (χ1v) is 19.0. The summed E-state index contributed by atoms with van der Waals surface area (Å²) in [5.41, 5.74) is 7.96. The number of hydrogen-bond acceptors (Lipinski definition) is 0. The standard InChI is InChI=1S/C34H30F2GeN/c1-21-11-16-26-27-17-18-28(35)32(25-14-12-24(13-15-25)23-9-7-6-8-10-23)34(27)37(3,4)33(26)31(21)30-19-22(2)29(36)20-38(30)5/h6-20H,1-5H3/q+1/i2D3. The number of nitrogens with zero attached hydrogens (tertiary/aromatic N) is 1. The summed E-state index contributed by atoms with van der Waals surface area (Å²) >= 11 is -3.24. The summed E-state index contributed by atoms with van der Waals surface area (Å²) < 4.78 is 58.2. The normalized spacial score (nSPS) is 14.8. The number of rotatable bonds is 3. The quantitative estimate of drug-likeness (QED) is 0.161. The van der Waals surface area contributed by atoms with Crippen molar-refractivity contribution in [2.45, 2.75) is 25.3 Å². The van der Waals surface area contributed by atoms with Crippen LogP contribution in [0.4, 0.5) is 8.78 Å². The number of aryl methyl sites for hydroxylation is 3. The van der Waals surface area contributed by atoms with Gasteiger partial charge in [0.2, 0.25) is 0 Å². The van der Waals surface area contributed by atoms with Gasteiger partial charge in [-0.05, 0) is 0 Å². The molecule has 1 aliphatic heterocycles. The molecule has 0 radical (unpaired) electrons. The fourth-order valence-electron chi connectivity index (χ4n) is 6.09. The van der Waals surface area contributed by atoms with E-state index in [0.29, 0.717) is 11.3 Å². The van der Waals surface area contributed by atoms with Crippen LogP contribution >= 0.6 is 0 Å². The molecular formula is C34H30F2GeN+. The molecule has 0 atom stereocenters. The van der Waals surface area contributed by atoms with Crippen LogP contribution in [0.5, 0.6) is 0 Å². The third kappa shape index (κ3) is 3.75. The molecule has 0 spiro atoms. The monoisotopic (exact) mass is 567 g/mol. The van der Waals surface area contributed by atoms with Crippen LogP contribution in [0.2, 0.25) is 11.5 Å². The van der Waals surface area contributed by atoms with Gasteiger partial charge in [-0.25, -0.2) is 0 Å². The maximum atomic E-state index is 15.8. The van der Waals surface area contributed by atoms with E-state index in [2.05, 4.69) is 29.7 Å². The Morgan fingerprint density at radius 2 is 1.29 bits per heavy atom. The van der Waals surface area contributed by atoms with E-state index in [9.17, 15) is 4.39 Å². The molecule has 0 fully saturated rings. The first-order chi connectivity index (χ1) is 19.4. The van der Waals surface area contributed by atoms with Crippen molar-refractivity contribution in [1.82, 2.24) is 0 Å². The molecule has 1 aromatic heterocycles. The van der Waals surface area contributed by atoms with E-state index >= 15 is 4.39 Å². The molecule has 0 unspecified atom stereocenters. The van der Waals surface area contributed by atoms with Crippen molar-refractivity contribution < 1.29 is 17.5 Å². The second-order valence-corrected chi connectivity index (χ2v) is 19.5. The molecule has 188 valence electrons. The van der Waals surface area contributed by atoms with E-state index in [1.165, 1.54) is 12.3 Å². The average molecular weight is 566 g/mol. The van der Waals surface area contributed by atoms with Crippen molar-refractivity contribution >= 4 is 22.1 Å². The Morgan fingerprint density at radius 1 is 0.684 bits per heavy atom. The van der Waals surface area contributed by atoms with Crippen LogP contribution < -0.4 is 13.4 Å². The second kappa shape index (κ2) is 9.02. The van der Waals surface area contributed by atoms with Crippen LogP contribution in [-0.4, -0.2) is 13.3 Å². The van der Waals surface area contributed by atoms with Crippen LogP contribution in [0.1, 0.15) is 15.2 Å². The number of benzene rings is 4. The Kier molecular flexibility index (Phi) is 5.08. The molecule has 2 heterocycles. The Morgan fingerprint density at radius 3 is 1.97 bits per heavy atom. The third-order valence-electron chi connectivity index (χ3n) is 7.87. The third-order valence-corrected chi connectivity index (χ3v) is 15.3. The molecule has 38 heavy (non-hydrogen) atoms. The topological polar surface area (TPSA) is 3.88 Å². The summed E-state index contributed by atoms with van der Waals surface area (Å²) in [6.07, 6.45) is 1.25. The first-order valence-electron chi connectivity index (χ1n) is 14.2. The molecule has 0 saturated heterocycles. The van der Waals surface area contributed by atoms with E-state index in [1.54, 1.807) is 17.7 Å². The van der Waals surface area contributed by atoms with Gasteiger partial charge in [0.1, 0.15) is 0 Å². The van der Waals surface area contributed by atoms with E-state index in [1.807, 2.05) is 61.5 Å². The minimum atomic E-state index is -3.24. The van der Waals surface area contributed by atoms with Crippen molar-refractivity contribution in [3.05, 3.63) is 114 Å². The molecule has 0 amide bonds. The van der Waals surface area contributed by atoms with Crippen LogP contribution in [0, 0.1) is 25.4 Å². The molecule has 4 heteroatoms. The zero-order chi connectivity index (χ0) is 29.3. The van der Waals surface area contributed by atoms with Crippen molar-refractivity contribution in [2.24, 2.45) is 7.05 Å². The van der Waals surface area contributed by atoms with Gasteiger partial charge in [0, 0.05) is 0 Å². The summed E-state index contributed by atoms with van der Waals surface area (Å²) in [7, 11) is 1.74. The molecule has 5 aromatic rings. The van der Waals surface area contributed by atoms with Gasteiger partial charge in [-0.15, -0.1) is 0 Å². The van der Waals surface area contributed by atoms with Gasteiger partial charge in [-0.2, -0.15) is 0 Å². The predicted octanol–water partition coefficient (Wildman–Crippen LogP) is 7.21. The van der Waals surface area contributed by atoms with Gasteiger partial charge in [0.15, 0.2) is 0 Å². The zero-order valence-corrected chi connectivity index (χ0v) is 24.0. The Labute approximate surface area is 230 Å². The van der Waals surface area contributed by atoms with Crippen LogP contribution in [0.15, 0.2) is 91.1 Å². The summed E-state index contributed by atoms with van der Waals surface area (Å²) in [6, 6.07) is 27.2. The second-order valence-electron chi connectivity index (χ2n) is 10.6. The number of aromatic nitrogens is 1. The number of pyridine rings is 1. The summed E-state index contributed by atoms with van der Waals surface area (Å²) in [6.45, 7) is -0.583. The van der Waals surface area contributed by atoms with Gasteiger partial charge >= 0.3 is 230 Å². The SMILES string of the molecule is [2H]C([2H])([2H])c1cc(-c2c(C)ccc3[c]2[Ge]([CH3])([CH3])[c]2c-3ccc(F)c2-c2ccc(-c3ccccc3)cc2)[n+](C)cc1F. The molecular weight excluding hydrogens is 533 g/mol. The minimum absolute atomic E-state index is 0.252. The van der Waals surface area contributed by atoms with Gasteiger partial charge in [0.25, 0.3) is 0 Å². The van der Waals surface area contributed by atoms with Crippen LogP contribution in [0.3, 0.4) is 0 Å². The summed E-state index contributed by atoms with van der Waals surface area (Å²) in [4.78, 5) is 0. The molecule has 6 rings (SSSR count). The van der Waals surface area contributed by atoms with Crippen molar-refractivity contribution in [2.75, 3.05) is 0 Å². The summed E-state index contributed by atoms with van der Waals surface area (Å²) in [5.74, 6) is 3.53. The average Bonchev–Trinajstić information content (AvgIpc) is 3.15. The van der Waals surface area contributed by atoms with E-state index < -0.39 is 25.9 Å². The predicted molar refractivity (Wildman–Crippen MR) is 156 cm³/mol. The molecule has 0 N–H and O–H groups in total. The van der Waals surface area contributed by atoms with Crippen molar-refractivity contribution in [3.63, 3.8) is 0 Å². The zero-order valence-electron chi connectivity index (χ0n) is 24.9. The molecule has 0 saturated carbocycles. The summed E-state index contributed by atoms with van der Waals surface area (Å²) in [5, 5.41) is 0. The van der Waals surface area contributed by atoms with Crippen LogP contribution in [0.25, 0.3) is 44.6 Å². The van der Waals surface area contributed by atoms with Crippen molar-refractivity contribution in [1.29, 1.82) is 0 Å². The Balaban J connectivity index is 1.57. The number of fused-ring (bicyclic) bond motifs is 3. The molecule has 1 aliphatic rings. The van der Waals surface area contributed by atoms with Crippen molar-refractivity contribution in [3.8, 4) is 44.6 Å². The van der Waals surface area contributed by atoms with Gasteiger partial charge in [-0.1, -0.05) is 0 Å². The fourth-order valence-corrected chi connectivity index (χ4v) is 14.2. The fraction of sp³-hybridized carbons (Fsp3) is 0.147. The molecule has 4 aromatic carbocycles. The molecule has 0 bridgehead atoms. The number of halogens is 2. The first kappa shape index (κ1) is 21.4.